The summed E-state index contributed by atoms with van der Waals surface area (Å²) in [6.07, 6.45) is -1.04. The van der Waals surface area contributed by atoms with Crippen molar-refractivity contribution < 1.29 is 33.0 Å². The van der Waals surface area contributed by atoms with Crippen molar-refractivity contribution in [3.63, 3.8) is 0 Å². The van der Waals surface area contributed by atoms with Crippen molar-refractivity contribution in [2.75, 3.05) is 19.8 Å². The summed E-state index contributed by atoms with van der Waals surface area (Å²) in [5.41, 5.74) is 0. The van der Waals surface area contributed by atoms with E-state index in [1.165, 1.54) is 13.0 Å². The zero-order valence-corrected chi connectivity index (χ0v) is 11.8. The molecule has 1 amide bonds. The maximum Gasteiger partial charge on any atom is 0.328 e. The Kier molecular flexibility index (Phi) is 4.92. The van der Waals surface area contributed by atoms with E-state index < -0.39 is 35.7 Å². The minimum atomic E-state index is -1.17. The lowest BCUT2D eigenvalue weighted by atomic mass is 10.2. The molecule has 0 saturated carbocycles. The second kappa shape index (κ2) is 6.69. The number of rotatable bonds is 4. The summed E-state index contributed by atoms with van der Waals surface area (Å²) >= 11 is 0. The molecular weight excluding hydrogens is 300 g/mol. The van der Waals surface area contributed by atoms with Crippen LogP contribution in [-0.4, -0.2) is 53.8 Å². The van der Waals surface area contributed by atoms with Gasteiger partial charge >= 0.3 is 5.97 Å². The molecule has 8 heteroatoms. The van der Waals surface area contributed by atoms with Crippen LogP contribution in [0.2, 0.25) is 0 Å². The molecule has 2 atom stereocenters. The molecule has 0 aliphatic carbocycles. The first-order valence-electron chi connectivity index (χ1n) is 6.63. The molecule has 1 aromatic rings. The highest BCUT2D eigenvalue weighted by atomic mass is 19.2. The van der Waals surface area contributed by atoms with Crippen LogP contribution in [0.5, 0.6) is 5.75 Å². The lowest BCUT2D eigenvalue weighted by Gasteiger charge is -2.34. The molecule has 1 aliphatic heterocycles. The normalized spacial score (nSPS) is 19.6. The monoisotopic (exact) mass is 315 g/mol. The van der Waals surface area contributed by atoms with Gasteiger partial charge in [-0.25, -0.2) is 13.6 Å². The summed E-state index contributed by atoms with van der Waals surface area (Å²) in [5.74, 6) is -3.86. The van der Waals surface area contributed by atoms with Gasteiger partial charge in [-0.1, -0.05) is 0 Å². The highest BCUT2D eigenvalue weighted by Crippen LogP contribution is 2.18. The van der Waals surface area contributed by atoms with E-state index in [2.05, 4.69) is 0 Å². The Morgan fingerprint density at radius 2 is 2.14 bits per heavy atom. The fourth-order valence-corrected chi connectivity index (χ4v) is 2.11. The van der Waals surface area contributed by atoms with Gasteiger partial charge in [-0.15, -0.1) is 0 Å². The molecule has 0 unspecified atom stereocenters. The van der Waals surface area contributed by atoms with Gasteiger partial charge in [-0.2, -0.15) is 0 Å². The third kappa shape index (κ3) is 3.51. The van der Waals surface area contributed by atoms with E-state index >= 15 is 0 Å². The largest absolute Gasteiger partial charge is 0.481 e. The topological polar surface area (TPSA) is 76.1 Å². The van der Waals surface area contributed by atoms with Crippen molar-refractivity contribution in [3.05, 3.63) is 29.8 Å². The zero-order chi connectivity index (χ0) is 16.3. The number of amides is 1. The predicted molar refractivity (Wildman–Crippen MR) is 70.4 cm³/mol. The number of carboxylic acid groups (broad SMARTS) is 1. The number of hydrogen-bond donors (Lipinski definition) is 1. The molecule has 0 radical (unpaired) electrons. The Hall–Kier alpha value is -2.22. The van der Waals surface area contributed by atoms with Crippen LogP contribution in [0.25, 0.3) is 0 Å². The molecule has 1 fully saturated rings. The number of ether oxygens (including phenoxy) is 2. The quantitative estimate of drug-likeness (QED) is 0.898. The smallest absolute Gasteiger partial charge is 0.328 e. The van der Waals surface area contributed by atoms with Crippen LogP contribution in [0.3, 0.4) is 0 Å². The Morgan fingerprint density at radius 3 is 2.77 bits per heavy atom. The van der Waals surface area contributed by atoms with Gasteiger partial charge in [0.2, 0.25) is 0 Å². The average Bonchev–Trinajstić information content (AvgIpc) is 2.50. The van der Waals surface area contributed by atoms with Crippen LogP contribution < -0.4 is 4.74 Å². The second-order valence-corrected chi connectivity index (χ2v) is 4.80. The maximum atomic E-state index is 13.1. The van der Waals surface area contributed by atoms with E-state index in [-0.39, 0.29) is 25.5 Å². The van der Waals surface area contributed by atoms with Gasteiger partial charge in [0.25, 0.3) is 5.91 Å². The number of halogens is 2. The number of carbonyl (C=O) groups excluding carboxylic acids is 1. The third-order valence-electron chi connectivity index (χ3n) is 3.25. The number of morpholine rings is 1. The SMILES string of the molecule is C[C@@H](Oc1ccc(F)c(F)c1)C(=O)N1CCOC[C@@H]1C(=O)O. The molecule has 1 saturated heterocycles. The molecule has 1 heterocycles. The number of carbonyl (C=O) groups is 2. The number of nitrogens with zero attached hydrogens (tertiary/aromatic N) is 1. The summed E-state index contributed by atoms with van der Waals surface area (Å²) in [5, 5.41) is 9.09. The Bertz CT molecular complexity index is 580. The van der Waals surface area contributed by atoms with Gasteiger partial charge in [-0.05, 0) is 19.1 Å². The van der Waals surface area contributed by atoms with E-state index in [1.54, 1.807) is 0 Å². The van der Waals surface area contributed by atoms with Gasteiger partial charge in [0.1, 0.15) is 5.75 Å². The van der Waals surface area contributed by atoms with E-state index in [0.29, 0.717) is 0 Å². The maximum absolute atomic E-state index is 13.1. The van der Waals surface area contributed by atoms with Crippen LogP contribution in [0.4, 0.5) is 8.78 Å². The van der Waals surface area contributed by atoms with Crippen molar-refractivity contribution >= 4 is 11.9 Å². The minimum absolute atomic E-state index is 0.0140. The van der Waals surface area contributed by atoms with Crippen molar-refractivity contribution in [1.29, 1.82) is 0 Å². The van der Waals surface area contributed by atoms with Crippen molar-refractivity contribution in [2.45, 2.75) is 19.1 Å². The first kappa shape index (κ1) is 16.2. The minimum Gasteiger partial charge on any atom is -0.481 e. The molecule has 120 valence electrons. The van der Waals surface area contributed by atoms with Crippen LogP contribution in [0.15, 0.2) is 18.2 Å². The van der Waals surface area contributed by atoms with Crippen LogP contribution in [0.1, 0.15) is 6.92 Å². The lowest BCUT2D eigenvalue weighted by molar-refractivity contribution is -0.161. The van der Waals surface area contributed by atoms with Gasteiger partial charge in [-0.3, -0.25) is 4.79 Å². The highest BCUT2D eigenvalue weighted by molar-refractivity contribution is 5.86. The predicted octanol–water partition coefficient (Wildman–Crippen LogP) is 1.04. The van der Waals surface area contributed by atoms with Gasteiger partial charge < -0.3 is 19.5 Å². The van der Waals surface area contributed by atoms with Gasteiger partial charge in [0.15, 0.2) is 23.8 Å². The molecule has 0 spiro atoms. The van der Waals surface area contributed by atoms with Crippen LogP contribution in [0, 0.1) is 11.6 Å². The molecule has 2 rings (SSSR count). The molecule has 1 N–H and O–H groups in total. The first-order chi connectivity index (χ1) is 10.4. The number of hydrogen-bond acceptors (Lipinski definition) is 4. The molecule has 22 heavy (non-hydrogen) atoms. The van der Waals surface area contributed by atoms with Crippen molar-refractivity contribution in [1.82, 2.24) is 4.90 Å². The van der Waals surface area contributed by atoms with Crippen molar-refractivity contribution in [2.24, 2.45) is 0 Å². The molecule has 0 aromatic heterocycles. The molecule has 0 bridgehead atoms. The summed E-state index contributed by atoms with van der Waals surface area (Å²) in [7, 11) is 0. The van der Waals surface area contributed by atoms with E-state index in [9.17, 15) is 18.4 Å². The van der Waals surface area contributed by atoms with E-state index in [4.69, 9.17) is 14.6 Å². The number of benzene rings is 1. The molecular formula is C14H15F2NO5. The Labute approximate surface area is 125 Å². The van der Waals surface area contributed by atoms with Gasteiger partial charge in [0, 0.05) is 12.6 Å². The Balaban J connectivity index is 2.07. The fraction of sp³-hybridized carbons (Fsp3) is 0.429. The lowest BCUT2D eigenvalue weighted by Crippen LogP contribution is -2.55. The average molecular weight is 315 g/mol. The van der Waals surface area contributed by atoms with Crippen molar-refractivity contribution in [3.8, 4) is 5.75 Å². The summed E-state index contributed by atoms with van der Waals surface area (Å²) in [6, 6.07) is 1.82. The third-order valence-corrected chi connectivity index (χ3v) is 3.25. The first-order valence-corrected chi connectivity index (χ1v) is 6.63. The summed E-state index contributed by atoms with van der Waals surface area (Å²) in [4.78, 5) is 24.6. The molecule has 1 aliphatic rings. The Morgan fingerprint density at radius 1 is 1.41 bits per heavy atom. The van der Waals surface area contributed by atoms with Gasteiger partial charge in [0.05, 0.1) is 13.2 Å². The number of carboxylic acids is 1. The molecule has 1 aromatic carbocycles. The highest BCUT2D eigenvalue weighted by Gasteiger charge is 2.35. The fourth-order valence-electron chi connectivity index (χ4n) is 2.11. The summed E-state index contributed by atoms with van der Waals surface area (Å²) < 4.78 is 36.3. The molecule has 6 nitrogen and oxygen atoms in total. The summed E-state index contributed by atoms with van der Waals surface area (Å²) in [6.45, 7) is 1.67. The second-order valence-electron chi connectivity index (χ2n) is 4.80. The van der Waals surface area contributed by atoms with Crippen LogP contribution >= 0.6 is 0 Å². The number of aliphatic carboxylic acids is 1. The van der Waals surface area contributed by atoms with E-state index in [0.717, 1.165) is 17.0 Å². The zero-order valence-electron chi connectivity index (χ0n) is 11.8. The van der Waals surface area contributed by atoms with E-state index in [1.807, 2.05) is 0 Å². The standard InChI is InChI=1S/C14H15F2NO5/c1-8(22-9-2-3-10(15)11(16)6-9)13(18)17-4-5-21-7-12(17)14(19)20/h2-3,6,8,12H,4-5,7H2,1H3,(H,19,20)/t8-,12-/m1/s1. The van der Waals surface area contributed by atoms with Crippen LogP contribution in [-0.2, 0) is 14.3 Å².